The molecule has 2 saturated heterocycles. The van der Waals surface area contributed by atoms with Crippen molar-refractivity contribution in [3.05, 3.63) is 0 Å². The summed E-state index contributed by atoms with van der Waals surface area (Å²) in [7, 11) is 1.91. The number of nitrogens with one attached hydrogen (secondary N) is 1. The van der Waals surface area contributed by atoms with Crippen molar-refractivity contribution in [2.75, 3.05) is 39.9 Å². The molecule has 27 heavy (non-hydrogen) atoms. The predicted molar refractivity (Wildman–Crippen MR) is 111 cm³/mol. The second-order valence-corrected chi connectivity index (χ2v) is 9.38. The van der Waals surface area contributed by atoms with E-state index >= 15 is 0 Å². The van der Waals surface area contributed by atoms with Crippen LogP contribution in [-0.2, 0) is 9.47 Å². The van der Waals surface area contributed by atoms with Gasteiger partial charge in [0.1, 0.15) is 0 Å². The van der Waals surface area contributed by atoms with Crippen molar-refractivity contribution in [2.45, 2.75) is 83.8 Å². The number of ether oxygens (including phenoxy) is 2. The molecule has 0 spiro atoms. The topological polar surface area (TPSA) is 46.1 Å². The first-order valence-electron chi connectivity index (χ1n) is 11.3. The SMILES string of the molecule is CN=C(NCC(C)(C)C1CCCC1)N1CCC(OCC2CCCCO2)CC1. The van der Waals surface area contributed by atoms with Gasteiger partial charge in [-0.15, -0.1) is 0 Å². The molecule has 3 aliphatic rings. The first-order chi connectivity index (χ1) is 13.1. The summed E-state index contributed by atoms with van der Waals surface area (Å²) >= 11 is 0. The molecule has 1 unspecified atom stereocenters. The summed E-state index contributed by atoms with van der Waals surface area (Å²) in [5.41, 5.74) is 0.341. The van der Waals surface area contributed by atoms with Gasteiger partial charge >= 0.3 is 0 Å². The van der Waals surface area contributed by atoms with Crippen LogP contribution in [0.2, 0.25) is 0 Å². The third-order valence-electron chi connectivity index (χ3n) is 6.91. The molecule has 3 rings (SSSR count). The molecule has 0 bridgehead atoms. The molecule has 3 fully saturated rings. The number of aliphatic imine (C=N–C) groups is 1. The van der Waals surface area contributed by atoms with Crippen LogP contribution < -0.4 is 5.32 Å². The molecule has 5 nitrogen and oxygen atoms in total. The Labute approximate surface area is 166 Å². The minimum Gasteiger partial charge on any atom is -0.376 e. The van der Waals surface area contributed by atoms with E-state index in [-0.39, 0.29) is 0 Å². The third kappa shape index (κ3) is 6.08. The van der Waals surface area contributed by atoms with Crippen molar-refractivity contribution in [1.29, 1.82) is 0 Å². The van der Waals surface area contributed by atoms with Gasteiger partial charge in [0.2, 0.25) is 0 Å². The summed E-state index contributed by atoms with van der Waals surface area (Å²) in [5.74, 6) is 1.92. The molecule has 0 aromatic carbocycles. The maximum atomic E-state index is 6.15. The quantitative estimate of drug-likeness (QED) is 0.563. The molecule has 1 saturated carbocycles. The average Bonchev–Trinajstić information content (AvgIpc) is 3.24. The number of hydrogen-bond acceptors (Lipinski definition) is 3. The standard InChI is InChI=1S/C22H41N3O2/c1-22(2,18-8-4-5-9-18)17-24-21(23-3)25-13-11-19(12-14-25)27-16-20-10-6-7-15-26-20/h18-20H,4-17H2,1-3H3,(H,23,24). The van der Waals surface area contributed by atoms with Gasteiger partial charge in [0.15, 0.2) is 5.96 Å². The van der Waals surface area contributed by atoms with E-state index in [1.807, 2.05) is 7.05 Å². The van der Waals surface area contributed by atoms with E-state index in [4.69, 9.17) is 9.47 Å². The molecule has 156 valence electrons. The van der Waals surface area contributed by atoms with Crippen LogP contribution in [-0.4, -0.2) is 63.0 Å². The van der Waals surface area contributed by atoms with Crippen LogP contribution in [0.25, 0.3) is 0 Å². The van der Waals surface area contributed by atoms with Gasteiger partial charge in [-0.05, 0) is 56.3 Å². The maximum Gasteiger partial charge on any atom is 0.193 e. The van der Waals surface area contributed by atoms with Crippen molar-refractivity contribution in [3.63, 3.8) is 0 Å². The predicted octanol–water partition coefficient (Wildman–Crippen LogP) is 3.83. The van der Waals surface area contributed by atoms with E-state index in [9.17, 15) is 0 Å². The van der Waals surface area contributed by atoms with Gasteiger partial charge in [0.05, 0.1) is 18.8 Å². The zero-order valence-electron chi connectivity index (χ0n) is 17.8. The first-order valence-corrected chi connectivity index (χ1v) is 11.3. The lowest BCUT2D eigenvalue weighted by Gasteiger charge is -2.37. The Bertz CT molecular complexity index is 460. The van der Waals surface area contributed by atoms with E-state index in [1.165, 1.54) is 38.5 Å². The van der Waals surface area contributed by atoms with Crippen LogP contribution in [0.15, 0.2) is 4.99 Å². The Hall–Kier alpha value is -0.810. The Morgan fingerprint density at radius 2 is 1.78 bits per heavy atom. The highest BCUT2D eigenvalue weighted by molar-refractivity contribution is 5.80. The van der Waals surface area contributed by atoms with Crippen LogP contribution in [0.1, 0.15) is 71.6 Å². The van der Waals surface area contributed by atoms with Gasteiger partial charge in [-0.1, -0.05) is 26.7 Å². The van der Waals surface area contributed by atoms with Crippen molar-refractivity contribution >= 4 is 5.96 Å². The van der Waals surface area contributed by atoms with Crippen LogP contribution >= 0.6 is 0 Å². The highest BCUT2D eigenvalue weighted by Crippen LogP contribution is 2.39. The Kier molecular flexibility index (Phi) is 7.83. The second kappa shape index (κ2) is 10.1. The Morgan fingerprint density at radius 1 is 1.07 bits per heavy atom. The molecular formula is C22H41N3O2. The van der Waals surface area contributed by atoms with E-state index in [0.717, 1.165) is 64.0 Å². The highest BCUT2D eigenvalue weighted by atomic mass is 16.5. The zero-order valence-corrected chi connectivity index (χ0v) is 17.8. The average molecular weight is 380 g/mol. The molecule has 2 aliphatic heterocycles. The van der Waals surface area contributed by atoms with Gasteiger partial charge in [0, 0.05) is 33.3 Å². The molecule has 2 heterocycles. The van der Waals surface area contributed by atoms with Gasteiger partial charge in [0.25, 0.3) is 0 Å². The van der Waals surface area contributed by atoms with E-state index < -0.39 is 0 Å². The fourth-order valence-corrected chi connectivity index (χ4v) is 4.91. The molecule has 1 aliphatic carbocycles. The molecule has 0 amide bonds. The van der Waals surface area contributed by atoms with Crippen molar-refractivity contribution in [3.8, 4) is 0 Å². The normalized spacial score (nSPS) is 26.6. The van der Waals surface area contributed by atoms with Gasteiger partial charge in [-0.2, -0.15) is 0 Å². The van der Waals surface area contributed by atoms with Crippen molar-refractivity contribution < 1.29 is 9.47 Å². The summed E-state index contributed by atoms with van der Waals surface area (Å²) in [4.78, 5) is 6.96. The number of piperidine rings is 1. The summed E-state index contributed by atoms with van der Waals surface area (Å²) < 4.78 is 11.9. The molecule has 0 aromatic rings. The highest BCUT2D eigenvalue weighted by Gasteiger charge is 2.32. The summed E-state index contributed by atoms with van der Waals surface area (Å²) in [6.07, 6.45) is 12.1. The fourth-order valence-electron chi connectivity index (χ4n) is 4.91. The van der Waals surface area contributed by atoms with E-state index in [2.05, 4.69) is 29.1 Å². The lowest BCUT2D eigenvalue weighted by atomic mass is 9.78. The third-order valence-corrected chi connectivity index (χ3v) is 6.91. The summed E-state index contributed by atoms with van der Waals surface area (Å²) in [6.45, 7) is 9.57. The number of likely N-dealkylation sites (tertiary alicyclic amines) is 1. The smallest absolute Gasteiger partial charge is 0.193 e. The number of guanidine groups is 1. The first kappa shape index (κ1) is 20.9. The van der Waals surface area contributed by atoms with Crippen LogP contribution in [0.4, 0.5) is 0 Å². The van der Waals surface area contributed by atoms with Crippen molar-refractivity contribution in [2.24, 2.45) is 16.3 Å². The molecule has 1 atom stereocenters. The lowest BCUT2D eigenvalue weighted by Crippen LogP contribution is -2.49. The van der Waals surface area contributed by atoms with Crippen molar-refractivity contribution in [1.82, 2.24) is 10.2 Å². The minimum atomic E-state index is 0.323. The van der Waals surface area contributed by atoms with Crippen LogP contribution in [0.5, 0.6) is 0 Å². The summed E-state index contributed by atoms with van der Waals surface area (Å²) in [6, 6.07) is 0. The van der Waals surface area contributed by atoms with E-state index in [0.29, 0.717) is 17.6 Å². The Morgan fingerprint density at radius 3 is 2.41 bits per heavy atom. The Balaban J connectivity index is 1.38. The van der Waals surface area contributed by atoms with E-state index in [1.54, 1.807) is 0 Å². The molecule has 0 radical (unpaired) electrons. The van der Waals surface area contributed by atoms with Crippen LogP contribution in [0, 0.1) is 11.3 Å². The zero-order chi connectivity index (χ0) is 19.1. The van der Waals surface area contributed by atoms with Gasteiger partial charge < -0.3 is 19.7 Å². The second-order valence-electron chi connectivity index (χ2n) is 9.38. The number of nitrogens with zero attached hydrogens (tertiary/aromatic N) is 2. The molecule has 5 heteroatoms. The maximum absolute atomic E-state index is 6.15. The molecular weight excluding hydrogens is 338 g/mol. The largest absolute Gasteiger partial charge is 0.376 e. The molecule has 1 N–H and O–H groups in total. The fraction of sp³-hybridized carbons (Fsp3) is 0.955. The molecule has 0 aromatic heterocycles. The minimum absolute atomic E-state index is 0.323. The van der Waals surface area contributed by atoms with Crippen LogP contribution in [0.3, 0.4) is 0 Å². The van der Waals surface area contributed by atoms with Gasteiger partial charge in [-0.25, -0.2) is 0 Å². The monoisotopic (exact) mass is 379 g/mol. The number of rotatable bonds is 6. The van der Waals surface area contributed by atoms with Gasteiger partial charge in [-0.3, -0.25) is 4.99 Å². The summed E-state index contributed by atoms with van der Waals surface area (Å²) in [5, 5.41) is 3.67. The lowest BCUT2D eigenvalue weighted by molar-refractivity contribution is -0.0721. The number of hydrogen-bond donors (Lipinski definition) is 1.